The van der Waals surface area contributed by atoms with Crippen molar-refractivity contribution in [2.24, 2.45) is 29.6 Å². The Balaban J connectivity index is 2.05. The zero-order valence-corrected chi connectivity index (χ0v) is 22.9. The number of amides is 1. The number of hydrogen-bond acceptors (Lipinski definition) is 2. The highest BCUT2D eigenvalue weighted by atomic mass is 35.5. The molecule has 0 aliphatic heterocycles. The quantitative estimate of drug-likeness (QED) is 0.326. The van der Waals surface area contributed by atoms with Crippen LogP contribution in [0, 0.1) is 29.6 Å². The van der Waals surface area contributed by atoms with Crippen LogP contribution in [-0.2, 0) is 9.59 Å². The molecular formula is C22H29Cl6NO3. The van der Waals surface area contributed by atoms with E-state index in [1.54, 1.807) is 11.8 Å². The van der Waals surface area contributed by atoms with E-state index in [1.165, 1.54) is 0 Å². The highest BCUT2D eigenvalue weighted by molar-refractivity contribution is 6.65. The monoisotopic (exact) mass is 565 g/mol. The average molecular weight is 568 g/mol. The second-order valence-corrected chi connectivity index (χ2v) is 12.6. The fourth-order valence-electron chi connectivity index (χ4n) is 6.10. The first-order valence-electron chi connectivity index (χ1n) is 11.2. The van der Waals surface area contributed by atoms with Crippen LogP contribution in [0.5, 0.6) is 0 Å². The maximum Gasteiger partial charge on any atom is 0.307 e. The van der Waals surface area contributed by atoms with Crippen LogP contribution in [0.15, 0.2) is 10.1 Å². The fraction of sp³-hybridized carbons (Fsp3) is 0.818. The molecule has 0 saturated heterocycles. The molecule has 0 radical (unpaired) electrons. The van der Waals surface area contributed by atoms with Crippen molar-refractivity contribution in [1.29, 1.82) is 0 Å². The van der Waals surface area contributed by atoms with Crippen molar-refractivity contribution in [2.75, 3.05) is 13.1 Å². The lowest BCUT2D eigenvalue weighted by Gasteiger charge is -2.49. The molecule has 3 aliphatic carbocycles. The van der Waals surface area contributed by atoms with E-state index in [9.17, 15) is 14.7 Å². The van der Waals surface area contributed by atoms with Crippen LogP contribution in [0.4, 0.5) is 0 Å². The number of carboxylic acids is 1. The summed E-state index contributed by atoms with van der Waals surface area (Å²) in [6, 6.07) is 0. The molecule has 1 N–H and O–H groups in total. The summed E-state index contributed by atoms with van der Waals surface area (Å²) in [7, 11) is 0. The molecule has 32 heavy (non-hydrogen) atoms. The predicted molar refractivity (Wildman–Crippen MR) is 132 cm³/mol. The summed E-state index contributed by atoms with van der Waals surface area (Å²) >= 11 is 40.5. The van der Waals surface area contributed by atoms with Gasteiger partial charge in [-0.3, -0.25) is 9.59 Å². The number of carbonyl (C=O) groups excluding carboxylic acids is 1. The Hall–Kier alpha value is 0.420. The molecule has 0 spiro atoms. The van der Waals surface area contributed by atoms with Gasteiger partial charge in [0.1, 0.15) is 9.75 Å². The topological polar surface area (TPSA) is 57.6 Å². The van der Waals surface area contributed by atoms with Gasteiger partial charge in [-0.25, -0.2) is 0 Å². The standard InChI is InChI=1S/C22H29Cl6NO3/c1-4-6-8-29(9-7-5-2)18(30)12-10-13-15(11(3)14(12)19(31)32)21(26)17(24)16(23)20(13,25)22(21,27)28/h11-15H,4-10H2,1-3H3,(H,31,32)/t11-,12+,13+,14+,15-,20+,21+/m1/s1. The lowest BCUT2D eigenvalue weighted by molar-refractivity contribution is -0.158. The lowest BCUT2D eigenvalue weighted by atomic mass is 9.58. The van der Waals surface area contributed by atoms with Gasteiger partial charge in [0.15, 0.2) is 4.33 Å². The van der Waals surface area contributed by atoms with Gasteiger partial charge in [-0.15, -0.1) is 23.2 Å². The number of halogens is 6. The first-order chi connectivity index (χ1) is 14.8. The van der Waals surface area contributed by atoms with Gasteiger partial charge in [0.25, 0.3) is 0 Å². The average Bonchev–Trinajstić information content (AvgIpc) is 2.93. The molecule has 10 heteroatoms. The zero-order valence-electron chi connectivity index (χ0n) is 18.3. The summed E-state index contributed by atoms with van der Waals surface area (Å²) in [5.74, 6) is -4.54. The van der Waals surface area contributed by atoms with Gasteiger partial charge >= 0.3 is 5.97 Å². The van der Waals surface area contributed by atoms with E-state index >= 15 is 0 Å². The number of carboxylic acid groups (broad SMARTS) is 1. The largest absolute Gasteiger partial charge is 0.481 e. The lowest BCUT2D eigenvalue weighted by Crippen LogP contribution is -2.54. The Morgan fingerprint density at radius 2 is 1.50 bits per heavy atom. The van der Waals surface area contributed by atoms with Gasteiger partial charge in [-0.05, 0) is 37.0 Å². The maximum absolute atomic E-state index is 13.7. The van der Waals surface area contributed by atoms with Crippen LogP contribution in [0.2, 0.25) is 0 Å². The van der Waals surface area contributed by atoms with E-state index in [-0.39, 0.29) is 22.4 Å². The van der Waals surface area contributed by atoms with Crippen LogP contribution in [0.3, 0.4) is 0 Å². The second kappa shape index (κ2) is 9.47. The molecule has 0 aromatic carbocycles. The Kier molecular flexibility index (Phi) is 7.99. The molecule has 2 bridgehead atoms. The number of alkyl halides is 4. The minimum atomic E-state index is -1.74. The molecule has 3 rings (SSSR count). The summed E-state index contributed by atoms with van der Waals surface area (Å²) in [4.78, 5) is 24.9. The van der Waals surface area contributed by atoms with Crippen molar-refractivity contribution in [1.82, 2.24) is 4.90 Å². The molecule has 0 aromatic heterocycles. The third-order valence-corrected chi connectivity index (χ3v) is 12.0. The molecule has 2 fully saturated rings. The van der Waals surface area contributed by atoms with E-state index in [2.05, 4.69) is 13.8 Å². The van der Waals surface area contributed by atoms with E-state index in [0.717, 1.165) is 25.7 Å². The molecule has 2 saturated carbocycles. The van der Waals surface area contributed by atoms with Crippen LogP contribution in [0.1, 0.15) is 52.9 Å². The molecular weight excluding hydrogens is 539 g/mol. The van der Waals surface area contributed by atoms with Gasteiger partial charge < -0.3 is 10.0 Å². The number of carbonyl (C=O) groups is 2. The molecule has 0 aromatic rings. The number of allylic oxidation sites excluding steroid dienone is 2. The summed E-state index contributed by atoms with van der Waals surface area (Å²) in [6.07, 6.45) is 3.75. The van der Waals surface area contributed by atoms with Crippen molar-refractivity contribution in [3.8, 4) is 0 Å². The molecule has 3 aliphatic rings. The maximum atomic E-state index is 13.7. The van der Waals surface area contributed by atoms with E-state index in [1.807, 2.05) is 0 Å². The van der Waals surface area contributed by atoms with Crippen molar-refractivity contribution in [3.05, 3.63) is 10.1 Å². The van der Waals surface area contributed by atoms with E-state index < -0.39 is 49.6 Å². The Morgan fingerprint density at radius 3 is 1.97 bits per heavy atom. The van der Waals surface area contributed by atoms with Gasteiger partial charge in [0.2, 0.25) is 5.91 Å². The molecule has 1 amide bonds. The Bertz CT molecular complexity index is 811. The first kappa shape index (κ1) is 27.0. The number of fused-ring (bicyclic) bond motifs is 5. The van der Waals surface area contributed by atoms with Gasteiger partial charge in [0, 0.05) is 13.1 Å². The van der Waals surface area contributed by atoms with Gasteiger partial charge in [-0.1, -0.05) is 80.0 Å². The van der Waals surface area contributed by atoms with Gasteiger partial charge in [-0.2, -0.15) is 0 Å². The number of rotatable bonds is 8. The fourth-order valence-corrected chi connectivity index (χ4v) is 9.26. The summed E-state index contributed by atoms with van der Waals surface area (Å²) < 4.78 is -1.74. The Labute approximate surface area is 219 Å². The highest BCUT2D eigenvalue weighted by Crippen LogP contribution is 2.79. The summed E-state index contributed by atoms with van der Waals surface area (Å²) in [5.41, 5.74) is 0. The van der Waals surface area contributed by atoms with Crippen molar-refractivity contribution in [3.63, 3.8) is 0 Å². The SMILES string of the molecule is CCCCN(CCCC)C(=O)[C@H]1C[C@H]2[C@@H]([C@H](C)[C@@H]1C(=O)O)[C@]1(Cl)C(Cl)=C(Cl)[C@]2(Cl)C1(Cl)Cl. The highest BCUT2D eigenvalue weighted by Gasteiger charge is 2.84. The Morgan fingerprint density at radius 1 is 1.00 bits per heavy atom. The minimum absolute atomic E-state index is 0.0652. The number of unbranched alkanes of at least 4 members (excludes halogenated alkanes) is 2. The number of hydrogen-bond donors (Lipinski definition) is 1. The van der Waals surface area contributed by atoms with Crippen molar-refractivity contribution < 1.29 is 14.7 Å². The number of nitrogens with zero attached hydrogens (tertiary/aromatic N) is 1. The normalized spacial score (nSPS) is 39.8. The van der Waals surface area contributed by atoms with Crippen LogP contribution in [0.25, 0.3) is 0 Å². The predicted octanol–water partition coefficient (Wildman–Crippen LogP) is 6.85. The number of aliphatic carboxylic acids is 1. The van der Waals surface area contributed by atoms with Crippen LogP contribution < -0.4 is 0 Å². The van der Waals surface area contributed by atoms with E-state index in [0.29, 0.717) is 13.1 Å². The van der Waals surface area contributed by atoms with Gasteiger partial charge in [0.05, 0.1) is 21.9 Å². The third-order valence-electron chi connectivity index (χ3n) is 7.70. The third kappa shape index (κ3) is 3.53. The second-order valence-electron chi connectivity index (χ2n) is 9.36. The van der Waals surface area contributed by atoms with E-state index in [4.69, 9.17) is 69.6 Å². The molecule has 0 heterocycles. The molecule has 182 valence electrons. The van der Waals surface area contributed by atoms with Crippen molar-refractivity contribution in [2.45, 2.75) is 67.0 Å². The zero-order chi connectivity index (χ0) is 24.2. The molecule has 7 atom stereocenters. The van der Waals surface area contributed by atoms with Crippen molar-refractivity contribution >= 4 is 81.5 Å². The van der Waals surface area contributed by atoms with Crippen LogP contribution in [-0.4, -0.2) is 49.1 Å². The van der Waals surface area contributed by atoms with Crippen LogP contribution >= 0.6 is 69.6 Å². The first-order valence-corrected chi connectivity index (χ1v) is 13.4. The smallest absolute Gasteiger partial charge is 0.307 e. The minimum Gasteiger partial charge on any atom is -0.481 e. The molecule has 4 nitrogen and oxygen atoms in total. The molecule has 0 unspecified atom stereocenters. The summed E-state index contributed by atoms with van der Waals surface area (Å²) in [6.45, 7) is 7.06. The summed E-state index contributed by atoms with van der Waals surface area (Å²) in [5, 5.41) is 10.3.